The van der Waals surface area contributed by atoms with Crippen molar-refractivity contribution in [3.05, 3.63) is 56.5 Å². The van der Waals surface area contributed by atoms with Crippen LogP contribution in [0.15, 0.2) is 30.3 Å². The molecule has 0 saturated heterocycles. The number of halogens is 3. The minimum Gasteiger partial charge on any atom is -0.493 e. The lowest BCUT2D eigenvalue weighted by Gasteiger charge is -2.16. The van der Waals surface area contributed by atoms with Crippen LogP contribution in [0.4, 0.5) is 0 Å². The van der Waals surface area contributed by atoms with Crippen molar-refractivity contribution in [3.63, 3.8) is 0 Å². The van der Waals surface area contributed by atoms with Gasteiger partial charge in [-0.25, -0.2) is 0 Å². The lowest BCUT2D eigenvalue weighted by atomic mass is 10.2. The van der Waals surface area contributed by atoms with Crippen molar-refractivity contribution in [2.45, 2.75) is 33.0 Å². The van der Waals surface area contributed by atoms with Crippen molar-refractivity contribution in [1.82, 2.24) is 5.32 Å². The standard InChI is InChI=1S/C18H20Cl3NO2/c1-11(2)22-9-12-6-16(21)18(17(7-12)23-3)24-10-13-4-5-14(19)8-15(13)20/h4-8,11,22H,9-10H2,1-3H3. The highest BCUT2D eigenvalue weighted by Gasteiger charge is 2.13. The van der Waals surface area contributed by atoms with Gasteiger partial charge in [0.05, 0.1) is 12.1 Å². The molecule has 0 radical (unpaired) electrons. The van der Waals surface area contributed by atoms with Gasteiger partial charge in [0.25, 0.3) is 0 Å². The van der Waals surface area contributed by atoms with Gasteiger partial charge in [-0.3, -0.25) is 0 Å². The maximum Gasteiger partial charge on any atom is 0.180 e. The van der Waals surface area contributed by atoms with Crippen LogP contribution in [-0.4, -0.2) is 13.2 Å². The first-order chi connectivity index (χ1) is 11.4. The van der Waals surface area contributed by atoms with Gasteiger partial charge in [-0.05, 0) is 29.8 Å². The molecule has 2 aromatic rings. The molecule has 0 aliphatic carbocycles. The number of benzene rings is 2. The summed E-state index contributed by atoms with van der Waals surface area (Å²) in [7, 11) is 1.59. The molecule has 1 N–H and O–H groups in total. The Labute approximate surface area is 157 Å². The van der Waals surface area contributed by atoms with E-state index < -0.39 is 0 Å². The van der Waals surface area contributed by atoms with Gasteiger partial charge in [-0.15, -0.1) is 0 Å². The van der Waals surface area contributed by atoms with Crippen LogP contribution in [0.1, 0.15) is 25.0 Å². The molecule has 0 bridgehead atoms. The van der Waals surface area contributed by atoms with E-state index in [1.54, 1.807) is 19.2 Å². The van der Waals surface area contributed by atoms with E-state index in [9.17, 15) is 0 Å². The fourth-order valence-electron chi connectivity index (χ4n) is 2.13. The van der Waals surface area contributed by atoms with Crippen LogP contribution in [0.25, 0.3) is 0 Å². The third kappa shape index (κ3) is 5.18. The number of methoxy groups -OCH3 is 1. The molecule has 2 aromatic carbocycles. The van der Waals surface area contributed by atoms with E-state index in [0.29, 0.717) is 39.2 Å². The van der Waals surface area contributed by atoms with E-state index in [-0.39, 0.29) is 6.61 Å². The van der Waals surface area contributed by atoms with Gasteiger partial charge in [0, 0.05) is 28.2 Å². The Morgan fingerprint density at radius 2 is 1.79 bits per heavy atom. The fourth-order valence-corrected chi connectivity index (χ4v) is 2.88. The molecule has 3 nitrogen and oxygen atoms in total. The van der Waals surface area contributed by atoms with Crippen LogP contribution in [0.2, 0.25) is 15.1 Å². The Bertz CT molecular complexity index is 705. The van der Waals surface area contributed by atoms with E-state index in [2.05, 4.69) is 19.2 Å². The third-order valence-electron chi connectivity index (χ3n) is 3.39. The van der Waals surface area contributed by atoms with E-state index >= 15 is 0 Å². The van der Waals surface area contributed by atoms with Crippen molar-refractivity contribution >= 4 is 34.8 Å². The molecule has 130 valence electrons. The van der Waals surface area contributed by atoms with Crippen LogP contribution in [0.5, 0.6) is 11.5 Å². The summed E-state index contributed by atoms with van der Waals surface area (Å²) in [5.74, 6) is 1.09. The average molecular weight is 389 g/mol. The predicted octanol–water partition coefficient (Wildman–Crippen LogP) is 5.73. The molecule has 0 heterocycles. The normalized spacial score (nSPS) is 11.0. The molecule has 6 heteroatoms. The highest BCUT2D eigenvalue weighted by Crippen LogP contribution is 2.37. The molecule has 0 spiro atoms. The second-order valence-electron chi connectivity index (χ2n) is 5.67. The van der Waals surface area contributed by atoms with Gasteiger partial charge in [0.2, 0.25) is 0 Å². The fraction of sp³-hybridized carbons (Fsp3) is 0.333. The van der Waals surface area contributed by atoms with Crippen LogP contribution in [0.3, 0.4) is 0 Å². The van der Waals surface area contributed by atoms with Gasteiger partial charge in [0.15, 0.2) is 11.5 Å². The second kappa shape index (κ2) is 8.82. The molecule has 0 saturated carbocycles. The van der Waals surface area contributed by atoms with Gasteiger partial charge in [0.1, 0.15) is 6.61 Å². The Morgan fingerprint density at radius 1 is 1.04 bits per heavy atom. The predicted molar refractivity (Wildman–Crippen MR) is 101 cm³/mol. The topological polar surface area (TPSA) is 30.5 Å². The summed E-state index contributed by atoms with van der Waals surface area (Å²) in [6, 6.07) is 9.45. The van der Waals surface area contributed by atoms with Gasteiger partial charge < -0.3 is 14.8 Å². The summed E-state index contributed by atoms with van der Waals surface area (Å²) in [6.45, 7) is 5.16. The minimum atomic E-state index is 0.273. The molecule has 0 amide bonds. The monoisotopic (exact) mass is 387 g/mol. The molecule has 0 aliphatic heterocycles. The molecule has 0 atom stereocenters. The van der Waals surface area contributed by atoms with Gasteiger partial charge in [-0.2, -0.15) is 0 Å². The summed E-state index contributed by atoms with van der Waals surface area (Å²) in [4.78, 5) is 0. The zero-order valence-corrected chi connectivity index (χ0v) is 16.1. The van der Waals surface area contributed by atoms with Gasteiger partial charge >= 0.3 is 0 Å². The zero-order valence-electron chi connectivity index (χ0n) is 13.8. The number of hydrogen-bond donors (Lipinski definition) is 1. The van der Waals surface area contributed by atoms with E-state index in [0.717, 1.165) is 11.1 Å². The van der Waals surface area contributed by atoms with Crippen molar-refractivity contribution < 1.29 is 9.47 Å². The van der Waals surface area contributed by atoms with Crippen LogP contribution in [0, 0.1) is 0 Å². The van der Waals surface area contributed by atoms with Crippen LogP contribution in [-0.2, 0) is 13.2 Å². The zero-order chi connectivity index (χ0) is 17.7. The molecular formula is C18H20Cl3NO2. The molecule has 0 unspecified atom stereocenters. The average Bonchev–Trinajstić information content (AvgIpc) is 2.52. The van der Waals surface area contributed by atoms with E-state index in [4.69, 9.17) is 44.3 Å². The van der Waals surface area contributed by atoms with Crippen molar-refractivity contribution in [3.8, 4) is 11.5 Å². The van der Waals surface area contributed by atoms with Crippen LogP contribution >= 0.6 is 34.8 Å². The number of rotatable bonds is 7. The third-order valence-corrected chi connectivity index (χ3v) is 4.26. The first-order valence-electron chi connectivity index (χ1n) is 7.57. The smallest absolute Gasteiger partial charge is 0.180 e. The molecule has 0 aromatic heterocycles. The van der Waals surface area contributed by atoms with Crippen molar-refractivity contribution in [1.29, 1.82) is 0 Å². The largest absolute Gasteiger partial charge is 0.493 e. The van der Waals surface area contributed by atoms with Gasteiger partial charge in [-0.1, -0.05) is 54.7 Å². The number of hydrogen-bond acceptors (Lipinski definition) is 3. The Kier molecular flexibility index (Phi) is 7.05. The highest BCUT2D eigenvalue weighted by atomic mass is 35.5. The molecule has 2 rings (SSSR count). The van der Waals surface area contributed by atoms with E-state index in [1.807, 2.05) is 18.2 Å². The summed E-state index contributed by atoms with van der Waals surface area (Å²) in [6.07, 6.45) is 0. The Balaban J connectivity index is 2.17. The first-order valence-corrected chi connectivity index (χ1v) is 8.70. The Hall–Kier alpha value is -1.13. The summed E-state index contributed by atoms with van der Waals surface area (Å²) < 4.78 is 11.3. The summed E-state index contributed by atoms with van der Waals surface area (Å²) in [5, 5.41) is 4.98. The number of ether oxygens (including phenoxy) is 2. The number of nitrogens with one attached hydrogen (secondary N) is 1. The minimum absolute atomic E-state index is 0.273. The summed E-state index contributed by atoms with van der Waals surface area (Å²) >= 11 is 18.4. The molecule has 24 heavy (non-hydrogen) atoms. The molecule has 0 fully saturated rings. The lowest BCUT2D eigenvalue weighted by molar-refractivity contribution is 0.284. The second-order valence-corrected chi connectivity index (χ2v) is 6.92. The highest BCUT2D eigenvalue weighted by molar-refractivity contribution is 6.35. The quantitative estimate of drug-likeness (QED) is 0.657. The van der Waals surface area contributed by atoms with Crippen LogP contribution < -0.4 is 14.8 Å². The van der Waals surface area contributed by atoms with Crippen molar-refractivity contribution in [2.75, 3.05) is 7.11 Å². The SMILES string of the molecule is COc1cc(CNC(C)C)cc(Cl)c1OCc1ccc(Cl)cc1Cl. The van der Waals surface area contributed by atoms with E-state index in [1.165, 1.54) is 0 Å². The molecule has 0 aliphatic rings. The lowest BCUT2D eigenvalue weighted by Crippen LogP contribution is -2.21. The first kappa shape index (κ1) is 19.2. The molecular weight excluding hydrogens is 369 g/mol. The maximum atomic E-state index is 6.37. The maximum absolute atomic E-state index is 6.37. The van der Waals surface area contributed by atoms with Crippen molar-refractivity contribution in [2.24, 2.45) is 0 Å². The Morgan fingerprint density at radius 3 is 2.42 bits per heavy atom. The summed E-state index contributed by atoms with van der Waals surface area (Å²) in [5.41, 5.74) is 1.85.